The van der Waals surface area contributed by atoms with Gasteiger partial charge in [0.2, 0.25) is 0 Å². The topological polar surface area (TPSA) is 70.7 Å². The van der Waals surface area contributed by atoms with Crippen LogP contribution in [-0.2, 0) is 0 Å². The minimum absolute atomic E-state index is 0.00336. The summed E-state index contributed by atoms with van der Waals surface area (Å²) in [6.45, 7) is 0. The zero-order chi connectivity index (χ0) is 16.7. The van der Waals surface area contributed by atoms with E-state index in [1.54, 1.807) is 28.9 Å². The Morgan fingerprint density at radius 2 is 1.83 bits per heavy atom. The van der Waals surface area contributed by atoms with E-state index in [0.29, 0.717) is 17.1 Å². The van der Waals surface area contributed by atoms with Crippen molar-refractivity contribution in [3.63, 3.8) is 0 Å². The lowest BCUT2D eigenvalue weighted by Crippen LogP contribution is -1.90. The van der Waals surface area contributed by atoms with Gasteiger partial charge in [0.05, 0.1) is 17.3 Å². The van der Waals surface area contributed by atoms with Gasteiger partial charge in [0.15, 0.2) is 11.6 Å². The van der Waals surface area contributed by atoms with Crippen LogP contribution in [0.3, 0.4) is 0 Å². The number of halogens is 1. The maximum absolute atomic E-state index is 13.7. The Bertz CT molecular complexity index is 1060. The van der Waals surface area contributed by atoms with Gasteiger partial charge in [-0.2, -0.15) is 0 Å². The first-order valence-corrected chi connectivity index (χ1v) is 7.25. The van der Waals surface area contributed by atoms with Crippen LogP contribution in [0.2, 0.25) is 0 Å². The number of fused-ring (bicyclic) bond motifs is 1. The Balaban J connectivity index is 2.06. The highest BCUT2D eigenvalue weighted by Gasteiger charge is 2.19. The van der Waals surface area contributed by atoms with Gasteiger partial charge < -0.3 is 10.2 Å². The van der Waals surface area contributed by atoms with Gasteiger partial charge in [0.1, 0.15) is 17.3 Å². The summed E-state index contributed by atoms with van der Waals surface area (Å²) in [5.74, 6) is -0.794. The van der Waals surface area contributed by atoms with Gasteiger partial charge in [0.25, 0.3) is 0 Å². The zero-order valence-electron chi connectivity index (χ0n) is 12.4. The molecule has 0 fully saturated rings. The van der Waals surface area contributed by atoms with E-state index in [4.69, 9.17) is 0 Å². The molecule has 0 unspecified atom stereocenters. The number of pyridine rings is 2. The lowest BCUT2D eigenvalue weighted by molar-refractivity contribution is 0.434. The van der Waals surface area contributed by atoms with Crippen LogP contribution in [-0.4, -0.2) is 24.6 Å². The third-order valence-corrected chi connectivity index (χ3v) is 3.83. The second-order valence-corrected chi connectivity index (χ2v) is 5.27. The summed E-state index contributed by atoms with van der Waals surface area (Å²) < 4.78 is 15.5. The van der Waals surface area contributed by atoms with Crippen molar-refractivity contribution >= 4 is 5.52 Å². The summed E-state index contributed by atoms with van der Waals surface area (Å²) in [4.78, 5) is 8.41. The third kappa shape index (κ3) is 2.08. The van der Waals surface area contributed by atoms with E-state index in [0.717, 1.165) is 5.52 Å². The molecular weight excluding hydrogens is 309 g/mol. The molecule has 0 aliphatic heterocycles. The minimum atomic E-state index is -0.714. The van der Waals surface area contributed by atoms with Crippen LogP contribution in [0.15, 0.2) is 61.1 Å². The number of aromatic hydroxyl groups is 2. The first kappa shape index (κ1) is 14.2. The molecule has 1 aromatic carbocycles. The molecule has 0 amide bonds. The van der Waals surface area contributed by atoms with Crippen molar-refractivity contribution in [3.8, 4) is 34.1 Å². The average molecular weight is 321 g/mol. The van der Waals surface area contributed by atoms with E-state index >= 15 is 0 Å². The quantitative estimate of drug-likeness (QED) is 0.591. The van der Waals surface area contributed by atoms with Crippen LogP contribution >= 0.6 is 0 Å². The third-order valence-electron chi connectivity index (χ3n) is 3.83. The van der Waals surface area contributed by atoms with Gasteiger partial charge in [-0.1, -0.05) is 12.1 Å². The molecular formula is C18H12FN3O2. The van der Waals surface area contributed by atoms with Crippen molar-refractivity contribution < 1.29 is 14.6 Å². The molecule has 0 aliphatic rings. The Kier molecular flexibility index (Phi) is 3.16. The maximum atomic E-state index is 13.7. The summed E-state index contributed by atoms with van der Waals surface area (Å²) in [6.07, 6.45) is 4.66. The van der Waals surface area contributed by atoms with Crippen molar-refractivity contribution in [1.82, 2.24) is 14.4 Å². The predicted molar refractivity (Wildman–Crippen MR) is 87.1 cm³/mol. The zero-order valence-corrected chi connectivity index (χ0v) is 12.4. The SMILES string of the molecule is Oc1cnccc1-c1nc(-c2cccc(F)c2O)n2ccccc12. The molecule has 6 heteroatoms. The smallest absolute Gasteiger partial charge is 0.165 e. The molecule has 3 aromatic heterocycles. The van der Waals surface area contributed by atoms with Crippen molar-refractivity contribution in [2.45, 2.75) is 0 Å². The number of para-hydroxylation sites is 1. The molecule has 5 nitrogen and oxygen atoms in total. The monoisotopic (exact) mass is 321 g/mol. The minimum Gasteiger partial charge on any atom is -0.506 e. The Labute approximate surface area is 136 Å². The maximum Gasteiger partial charge on any atom is 0.165 e. The highest BCUT2D eigenvalue weighted by Crippen LogP contribution is 2.36. The molecule has 0 aliphatic carbocycles. The van der Waals surface area contributed by atoms with Crippen LogP contribution in [0, 0.1) is 5.82 Å². The first-order chi connectivity index (χ1) is 11.7. The van der Waals surface area contributed by atoms with E-state index in [2.05, 4.69) is 9.97 Å². The molecule has 0 saturated heterocycles. The number of aromatic nitrogens is 3. The highest BCUT2D eigenvalue weighted by atomic mass is 19.1. The van der Waals surface area contributed by atoms with E-state index < -0.39 is 11.6 Å². The van der Waals surface area contributed by atoms with Gasteiger partial charge in [-0.15, -0.1) is 0 Å². The second-order valence-electron chi connectivity index (χ2n) is 5.27. The molecule has 3 heterocycles. The van der Waals surface area contributed by atoms with Crippen molar-refractivity contribution in [3.05, 3.63) is 66.9 Å². The number of nitrogens with zero attached hydrogens (tertiary/aromatic N) is 3. The van der Waals surface area contributed by atoms with Crippen LogP contribution in [0.25, 0.3) is 28.2 Å². The van der Waals surface area contributed by atoms with E-state index in [1.807, 2.05) is 18.2 Å². The van der Waals surface area contributed by atoms with Crippen molar-refractivity contribution in [1.29, 1.82) is 0 Å². The number of phenols is 1. The van der Waals surface area contributed by atoms with Gasteiger partial charge in [-0.25, -0.2) is 9.37 Å². The number of hydrogen-bond donors (Lipinski definition) is 2. The largest absolute Gasteiger partial charge is 0.506 e. The fourth-order valence-electron chi connectivity index (χ4n) is 2.71. The Morgan fingerprint density at radius 1 is 0.958 bits per heavy atom. The van der Waals surface area contributed by atoms with Crippen LogP contribution in [0.4, 0.5) is 4.39 Å². The number of rotatable bonds is 2. The summed E-state index contributed by atoms with van der Waals surface area (Å²) in [6, 6.07) is 11.4. The Morgan fingerprint density at radius 3 is 2.67 bits per heavy atom. The molecule has 0 saturated carbocycles. The molecule has 118 valence electrons. The molecule has 0 atom stereocenters. The molecule has 0 bridgehead atoms. The normalized spacial score (nSPS) is 11.0. The van der Waals surface area contributed by atoms with Crippen molar-refractivity contribution in [2.24, 2.45) is 0 Å². The van der Waals surface area contributed by atoms with E-state index in [9.17, 15) is 14.6 Å². The van der Waals surface area contributed by atoms with Gasteiger partial charge in [-0.3, -0.25) is 9.38 Å². The van der Waals surface area contributed by atoms with E-state index in [1.165, 1.54) is 18.3 Å². The lowest BCUT2D eigenvalue weighted by Gasteiger charge is -2.04. The summed E-state index contributed by atoms with van der Waals surface area (Å²) in [7, 11) is 0. The fraction of sp³-hybridized carbons (Fsp3) is 0. The predicted octanol–water partition coefficient (Wildman–Crippen LogP) is 3.61. The number of imidazole rings is 1. The van der Waals surface area contributed by atoms with Crippen LogP contribution in [0.5, 0.6) is 11.5 Å². The lowest BCUT2D eigenvalue weighted by atomic mass is 10.1. The van der Waals surface area contributed by atoms with E-state index in [-0.39, 0.29) is 11.3 Å². The van der Waals surface area contributed by atoms with Crippen LogP contribution in [0.1, 0.15) is 0 Å². The molecule has 24 heavy (non-hydrogen) atoms. The molecule has 0 radical (unpaired) electrons. The number of phenolic OH excluding ortho intramolecular Hbond substituents is 1. The summed E-state index contributed by atoms with van der Waals surface area (Å²) in [5.41, 5.74) is 2.03. The van der Waals surface area contributed by atoms with Crippen molar-refractivity contribution in [2.75, 3.05) is 0 Å². The van der Waals surface area contributed by atoms with Gasteiger partial charge >= 0.3 is 0 Å². The standard InChI is InChI=1S/C18H12FN3O2/c19-13-5-3-4-12(17(13)24)18-21-16(11-7-8-20-10-15(11)23)14-6-1-2-9-22(14)18/h1-10,23-24H. The molecule has 2 N–H and O–H groups in total. The molecule has 0 spiro atoms. The van der Waals surface area contributed by atoms with Gasteiger partial charge in [-0.05, 0) is 30.3 Å². The summed E-state index contributed by atoms with van der Waals surface area (Å²) in [5, 5.41) is 20.1. The number of hydrogen-bond acceptors (Lipinski definition) is 4. The second kappa shape index (κ2) is 5.34. The fourth-order valence-corrected chi connectivity index (χ4v) is 2.71. The first-order valence-electron chi connectivity index (χ1n) is 7.25. The average Bonchev–Trinajstić information content (AvgIpc) is 2.97. The Hall–Kier alpha value is -3.41. The molecule has 4 aromatic rings. The van der Waals surface area contributed by atoms with Crippen LogP contribution < -0.4 is 0 Å². The van der Waals surface area contributed by atoms with Gasteiger partial charge in [0, 0.05) is 18.0 Å². The summed E-state index contributed by atoms with van der Waals surface area (Å²) >= 11 is 0. The number of benzene rings is 1. The highest BCUT2D eigenvalue weighted by molar-refractivity contribution is 5.84. The molecule has 4 rings (SSSR count).